The fourth-order valence-corrected chi connectivity index (χ4v) is 7.96. The molecule has 0 N–H and O–H groups in total. The smallest absolute Gasteiger partial charge is 0.0352 e. The van der Waals surface area contributed by atoms with Crippen LogP contribution in [0.25, 0.3) is 0 Å². The van der Waals surface area contributed by atoms with Gasteiger partial charge in [-0.15, -0.1) is 0 Å². The van der Waals surface area contributed by atoms with Crippen LogP contribution in [0.5, 0.6) is 0 Å². The predicted molar refractivity (Wildman–Crippen MR) is 99.4 cm³/mol. The van der Waals surface area contributed by atoms with Gasteiger partial charge in [0, 0.05) is 0 Å². The summed E-state index contributed by atoms with van der Waals surface area (Å²) in [6, 6.07) is 0. The fourth-order valence-electron chi connectivity index (χ4n) is 7.96. The highest BCUT2D eigenvalue weighted by atomic mass is 14.5. The molecule has 0 heteroatoms. The van der Waals surface area contributed by atoms with E-state index in [9.17, 15) is 0 Å². The highest BCUT2D eigenvalue weighted by Crippen LogP contribution is 2.54. The molecule has 6 unspecified atom stereocenters. The zero-order valence-corrected chi connectivity index (χ0v) is 15.6. The first-order chi connectivity index (χ1) is 11.4. The third-order valence-corrected chi connectivity index (χ3v) is 8.83. The lowest BCUT2D eigenvalue weighted by Crippen LogP contribution is -2.42. The van der Waals surface area contributed by atoms with Crippen molar-refractivity contribution in [2.45, 2.75) is 103 Å². The van der Waals surface area contributed by atoms with Gasteiger partial charge in [-0.25, -0.2) is 0 Å². The Hall–Kier alpha value is 0. The maximum Gasteiger partial charge on any atom is -0.0352 e. The highest BCUT2D eigenvalue weighted by molar-refractivity contribution is 4.94. The van der Waals surface area contributed by atoms with E-state index in [0.29, 0.717) is 0 Å². The summed E-state index contributed by atoms with van der Waals surface area (Å²) >= 11 is 0. The minimum absolute atomic E-state index is 1.09. The van der Waals surface area contributed by atoms with E-state index in [1.807, 2.05) is 0 Å². The summed E-state index contributed by atoms with van der Waals surface area (Å²) in [6.07, 6.45) is 23.5. The maximum absolute atomic E-state index is 2.55. The summed E-state index contributed by atoms with van der Waals surface area (Å²) < 4.78 is 0. The van der Waals surface area contributed by atoms with Crippen molar-refractivity contribution < 1.29 is 0 Å². The monoisotopic (exact) mass is 316 g/mol. The number of hydrogen-bond acceptors (Lipinski definition) is 0. The Balaban J connectivity index is 1.52. The molecule has 132 valence electrons. The van der Waals surface area contributed by atoms with Crippen molar-refractivity contribution in [3.05, 3.63) is 0 Å². The van der Waals surface area contributed by atoms with E-state index >= 15 is 0 Å². The van der Waals surface area contributed by atoms with Gasteiger partial charge >= 0.3 is 0 Å². The molecule has 0 radical (unpaired) electrons. The van der Waals surface area contributed by atoms with Crippen molar-refractivity contribution in [3.63, 3.8) is 0 Å². The van der Waals surface area contributed by atoms with E-state index in [-0.39, 0.29) is 0 Å². The molecule has 0 saturated heterocycles. The second kappa shape index (κ2) is 7.49. The maximum atomic E-state index is 2.55. The van der Waals surface area contributed by atoms with Crippen LogP contribution in [0.15, 0.2) is 0 Å². The minimum atomic E-state index is 1.09. The van der Waals surface area contributed by atoms with Crippen molar-refractivity contribution in [1.82, 2.24) is 0 Å². The van der Waals surface area contributed by atoms with Crippen LogP contribution in [0.2, 0.25) is 0 Å². The Kier molecular flexibility index (Phi) is 5.36. The van der Waals surface area contributed by atoms with Crippen LogP contribution in [0.4, 0.5) is 0 Å². The minimum Gasteiger partial charge on any atom is -0.0651 e. The summed E-state index contributed by atoms with van der Waals surface area (Å²) in [7, 11) is 0. The lowest BCUT2D eigenvalue weighted by atomic mass is 9.54. The zero-order valence-electron chi connectivity index (χ0n) is 15.6. The highest BCUT2D eigenvalue weighted by Gasteiger charge is 2.44. The van der Waals surface area contributed by atoms with Gasteiger partial charge in [0.15, 0.2) is 0 Å². The van der Waals surface area contributed by atoms with Crippen LogP contribution >= 0.6 is 0 Å². The van der Waals surface area contributed by atoms with Crippen molar-refractivity contribution in [1.29, 1.82) is 0 Å². The quantitative estimate of drug-likeness (QED) is 0.515. The first-order valence-corrected chi connectivity index (χ1v) is 11.4. The summed E-state index contributed by atoms with van der Waals surface area (Å²) in [6.45, 7) is 2.55. The summed E-state index contributed by atoms with van der Waals surface area (Å²) in [4.78, 5) is 0. The Morgan fingerprint density at radius 3 is 1.48 bits per heavy atom. The van der Waals surface area contributed by atoms with Crippen molar-refractivity contribution >= 4 is 0 Å². The SMILES string of the molecule is CCC(C1CCCC2CCCCC21)C1CCCC2CCCCC21. The third-order valence-electron chi connectivity index (χ3n) is 8.83. The van der Waals surface area contributed by atoms with Crippen LogP contribution in [-0.2, 0) is 0 Å². The number of rotatable bonds is 3. The first-order valence-electron chi connectivity index (χ1n) is 11.4. The molecule has 23 heavy (non-hydrogen) atoms. The molecule has 4 fully saturated rings. The Labute approximate surface area is 145 Å². The zero-order chi connectivity index (χ0) is 15.6. The molecule has 0 amide bonds. The van der Waals surface area contributed by atoms with Crippen LogP contribution in [0.1, 0.15) is 103 Å². The van der Waals surface area contributed by atoms with E-state index in [2.05, 4.69) is 6.92 Å². The lowest BCUT2D eigenvalue weighted by molar-refractivity contribution is -0.0124. The normalized spacial score (nSPS) is 45.8. The predicted octanol–water partition coefficient (Wildman–Crippen LogP) is 7.23. The molecule has 0 nitrogen and oxygen atoms in total. The molecule has 4 rings (SSSR count). The Morgan fingerprint density at radius 1 is 0.565 bits per heavy atom. The topological polar surface area (TPSA) is 0 Å². The van der Waals surface area contributed by atoms with Gasteiger partial charge in [-0.1, -0.05) is 77.6 Å². The van der Waals surface area contributed by atoms with Gasteiger partial charge in [0.1, 0.15) is 0 Å². The molecule has 0 spiro atoms. The molecule has 0 aromatic heterocycles. The van der Waals surface area contributed by atoms with E-state index < -0.39 is 0 Å². The van der Waals surface area contributed by atoms with E-state index in [0.717, 1.165) is 41.4 Å². The molecule has 0 aliphatic heterocycles. The number of fused-ring (bicyclic) bond motifs is 2. The Morgan fingerprint density at radius 2 is 1.00 bits per heavy atom. The standard InChI is InChI=1S/C23H40/c1-2-19(22-15-7-11-17-9-3-5-13-20(17)22)23-16-8-12-18-10-4-6-14-21(18)23/h17-23H,2-16H2,1H3. The van der Waals surface area contributed by atoms with Gasteiger partial charge in [0.2, 0.25) is 0 Å². The second-order valence-electron chi connectivity index (χ2n) is 9.68. The average molecular weight is 317 g/mol. The summed E-state index contributed by atoms with van der Waals surface area (Å²) in [5.74, 6) is 7.84. The molecule has 6 atom stereocenters. The third kappa shape index (κ3) is 3.25. The molecular weight excluding hydrogens is 276 g/mol. The fraction of sp³-hybridized carbons (Fsp3) is 1.00. The molecule has 0 bridgehead atoms. The summed E-state index contributed by atoms with van der Waals surface area (Å²) in [5, 5.41) is 0. The van der Waals surface area contributed by atoms with Gasteiger partial charge < -0.3 is 0 Å². The lowest BCUT2D eigenvalue weighted by Gasteiger charge is -2.51. The van der Waals surface area contributed by atoms with Crippen LogP contribution in [0.3, 0.4) is 0 Å². The van der Waals surface area contributed by atoms with Gasteiger partial charge in [-0.3, -0.25) is 0 Å². The largest absolute Gasteiger partial charge is 0.0651 e. The molecule has 0 aromatic carbocycles. The van der Waals surface area contributed by atoms with Crippen molar-refractivity contribution in [2.24, 2.45) is 41.4 Å². The van der Waals surface area contributed by atoms with Crippen LogP contribution in [-0.4, -0.2) is 0 Å². The first kappa shape index (κ1) is 16.5. The van der Waals surface area contributed by atoms with Gasteiger partial charge in [-0.05, 0) is 67.1 Å². The van der Waals surface area contributed by atoms with E-state index in [4.69, 9.17) is 0 Å². The molecule has 0 aromatic rings. The number of hydrogen-bond donors (Lipinski definition) is 0. The van der Waals surface area contributed by atoms with Gasteiger partial charge in [0.05, 0.1) is 0 Å². The van der Waals surface area contributed by atoms with Crippen LogP contribution < -0.4 is 0 Å². The molecule has 4 aliphatic carbocycles. The molecule has 0 heterocycles. The molecule has 4 saturated carbocycles. The van der Waals surface area contributed by atoms with Gasteiger partial charge in [-0.2, -0.15) is 0 Å². The van der Waals surface area contributed by atoms with Crippen LogP contribution in [0, 0.1) is 41.4 Å². The van der Waals surface area contributed by atoms with Crippen molar-refractivity contribution in [2.75, 3.05) is 0 Å². The summed E-state index contributed by atoms with van der Waals surface area (Å²) in [5.41, 5.74) is 0. The van der Waals surface area contributed by atoms with E-state index in [1.54, 1.807) is 89.9 Å². The van der Waals surface area contributed by atoms with Gasteiger partial charge in [0.25, 0.3) is 0 Å². The van der Waals surface area contributed by atoms with Crippen molar-refractivity contribution in [3.8, 4) is 0 Å². The average Bonchev–Trinajstić information content (AvgIpc) is 2.63. The molecule has 4 aliphatic rings. The second-order valence-corrected chi connectivity index (χ2v) is 9.68. The van der Waals surface area contributed by atoms with E-state index in [1.165, 1.54) is 6.42 Å². The molecular formula is C23H40. The Bertz CT molecular complexity index is 334.